The summed E-state index contributed by atoms with van der Waals surface area (Å²) in [6.45, 7) is 0. The fourth-order valence-electron chi connectivity index (χ4n) is 5.41. The topological polar surface area (TPSA) is 202 Å². The Morgan fingerprint density at radius 3 is 1.36 bits per heavy atom. The number of anilines is 2. The van der Waals surface area contributed by atoms with E-state index in [2.05, 4.69) is 19.4 Å². The van der Waals surface area contributed by atoms with E-state index in [1.165, 1.54) is 63.0 Å². The summed E-state index contributed by atoms with van der Waals surface area (Å²) in [5.74, 6) is 0.853. The molecule has 4 N–H and O–H groups in total. The molecule has 0 saturated heterocycles. The summed E-state index contributed by atoms with van der Waals surface area (Å²) < 4.78 is 67.8. The predicted molar refractivity (Wildman–Crippen MR) is 229 cm³/mol. The van der Waals surface area contributed by atoms with Crippen molar-refractivity contribution >= 4 is 66.6 Å². The molecule has 4 aromatic carbocycles. The molecule has 2 aromatic heterocycles. The Kier molecular flexibility index (Phi) is 13.1. The van der Waals surface area contributed by atoms with Crippen LogP contribution in [0.4, 0.5) is 23.0 Å². The molecule has 0 fully saturated rings. The van der Waals surface area contributed by atoms with E-state index >= 15 is 0 Å². The van der Waals surface area contributed by atoms with E-state index in [4.69, 9.17) is 19.5 Å². The molecular formula is C43H38N6O8S2. The maximum Gasteiger partial charge on any atom is 0.263 e. The molecule has 16 heteroatoms. The largest absolute Gasteiger partial charge is 0.504 e. The van der Waals surface area contributed by atoms with Crippen LogP contribution in [-0.4, -0.2) is 62.7 Å². The monoisotopic (exact) mass is 830 g/mol. The summed E-state index contributed by atoms with van der Waals surface area (Å²) in [6, 6.07) is 31.5. The van der Waals surface area contributed by atoms with Gasteiger partial charge in [0.05, 0.1) is 35.4 Å². The summed E-state index contributed by atoms with van der Waals surface area (Å²) >= 11 is 0. The molecule has 0 aliphatic heterocycles. The molecular weight excluding hydrogens is 793 g/mol. The van der Waals surface area contributed by atoms with E-state index in [0.717, 1.165) is 0 Å². The lowest BCUT2D eigenvalue weighted by Crippen LogP contribution is -2.13. The highest BCUT2D eigenvalue weighted by molar-refractivity contribution is 7.93. The van der Waals surface area contributed by atoms with E-state index < -0.39 is 20.0 Å². The van der Waals surface area contributed by atoms with Gasteiger partial charge in [0.15, 0.2) is 23.0 Å². The van der Waals surface area contributed by atoms with Crippen molar-refractivity contribution in [2.45, 2.75) is 16.2 Å². The molecule has 14 nitrogen and oxygen atoms in total. The Morgan fingerprint density at radius 1 is 0.593 bits per heavy atom. The Labute approximate surface area is 341 Å². The van der Waals surface area contributed by atoms with Crippen molar-refractivity contribution in [2.24, 2.45) is 9.98 Å². The Balaban J connectivity index is 1.37. The number of benzene rings is 4. The molecule has 0 unspecified atom stereocenters. The maximum atomic E-state index is 13.1. The number of hydrogen-bond donors (Lipinski definition) is 4. The first-order valence-electron chi connectivity index (χ1n) is 17.7. The lowest BCUT2D eigenvalue weighted by Gasteiger charge is -2.09. The molecule has 0 aliphatic rings. The number of nitrogens with zero attached hydrogens (tertiary/aromatic N) is 4. The van der Waals surface area contributed by atoms with Crippen LogP contribution in [0.1, 0.15) is 17.5 Å². The summed E-state index contributed by atoms with van der Waals surface area (Å²) in [5.41, 5.74) is 3.23. The van der Waals surface area contributed by atoms with Gasteiger partial charge in [-0.15, -0.1) is 0 Å². The number of aliphatic imine (C=N–C) groups is 2. The Bertz CT molecular complexity index is 2550. The average Bonchev–Trinajstić information content (AvgIpc) is 3.23. The first-order chi connectivity index (χ1) is 28.4. The van der Waals surface area contributed by atoms with E-state index in [9.17, 15) is 27.0 Å². The van der Waals surface area contributed by atoms with Gasteiger partial charge >= 0.3 is 0 Å². The molecule has 0 saturated carbocycles. The first-order valence-corrected chi connectivity index (χ1v) is 20.7. The van der Waals surface area contributed by atoms with Crippen molar-refractivity contribution in [1.82, 2.24) is 9.97 Å². The molecule has 2 heterocycles. The number of allylic oxidation sites excluding steroid dienone is 2. The van der Waals surface area contributed by atoms with Gasteiger partial charge in [0.25, 0.3) is 20.0 Å². The number of methoxy groups -OCH3 is 2. The molecule has 59 heavy (non-hydrogen) atoms. The SMILES string of the molecule is COc1cc(/C=C/C(CC(/C=C/c2ccc(O)c(OC)c2)=Nc2ccc(S(=O)(=O)Nc3ccccn3)cc2)=Nc2ccc(S(=O)(=O)Nc3ccccn3)cc2)ccc1O. The molecule has 0 atom stereocenters. The number of sulfonamides is 2. The number of phenols is 2. The van der Waals surface area contributed by atoms with E-state index in [0.29, 0.717) is 33.9 Å². The Hall–Kier alpha value is -7.30. The third-order valence-electron chi connectivity index (χ3n) is 8.35. The number of ether oxygens (including phenoxy) is 2. The molecule has 0 aliphatic carbocycles. The van der Waals surface area contributed by atoms with Crippen molar-refractivity contribution < 1.29 is 36.5 Å². The highest BCUT2D eigenvalue weighted by Crippen LogP contribution is 2.29. The van der Waals surface area contributed by atoms with Crippen LogP contribution in [0.3, 0.4) is 0 Å². The van der Waals surface area contributed by atoms with Crippen LogP contribution in [0.15, 0.2) is 166 Å². The van der Waals surface area contributed by atoms with Crippen molar-refractivity contribution in [3.63, 3.8) is 0 Å². The highest BCUT2D eigenvalue weighted by atomic mass is 32.2. The van der Waals surface area contributed by atoms with E-state index in [-0.39, 0.29) is 50.8 Å². The van der Waals surface area contributed by atoms with Gasteiger partial charge in [0.2, 0.25) is 0 Å². The van der Waals surface area contributed by atoms with Gasteiger partial charge < -0.3 is 19.7 Å². The fraction of sp³-hybridized carbons (Fsp3) is 0.0698. The lowest BCUT2D eigenvalue weighted by atomic mass is 10.1. The Morgan fingerprint density at radius 2 is 1.00 bits per heavy atom. The number of nitrogens with one attached hydrogen (secondary N) is 2. The highest BCUT2D eigenvalue weighted by Gasteiger charge is 2.16. The molecule has 0 bridgehead atoms. The van der Waals surface area contributed by atoms with Gasteiger partial charge in [-0.05, 0) is 120 Å². The van der Waals surface area contributed by atoms with Gasteiger partial charge in [0, 0.05) is 30.2 Å². The molecule has 300 valence electrons. The number of rotatable bonds is 16. The number of aromatic hydroxyl groups is 2. The summed E-state index contributed by atoms with van der Waals surface area (Å²) in [6.07, 6.45) is 10.1. The number of aromatic nitrogens is 2. The average molecular weight is 831 g/mol. The van der Waals surface area contributed by atoms with Crippen LogP contribution in [0, 0.1) is 0 Å². The minimum atomic E-state index is -3.94. The normalized spacial score (nSPS) is 12.4. The first kappa shape index (κ1) is 41.3. The van der Waals surface area contributed by atoms with Gasteiger partial charge in [-0.1, -0.05) is 36.4 Å². The second-order valence-corrected chi connectivity index (χ2v) is 15.9. The fourth-order valence-corrected chi connectivity index (χ4v) is 7.42. The van der Waals surface area contributed by atoms with Crippen LogP contribution in [0.5, 0.6) is 23.0 Å². The molecule has 6 aromatic rings. The smallest absolute Gasteiger partial charge is 0.263 e. The van der Waals surface area contributed by atoms with Crippen LogP contribution >= 0.6 is 0 Å². The van der Waals surface area contributed by atoms with Crippen LogP contribution < -0.4 is 18.9 Å². The van der Waals surface area contributed by atoms with Crippen molar-refractivity contribution in [1.29, 1.82) is 0 Å². The zero-order valence-electron chi connectivity index (χ0n) is 31.7. The van der Waals surface area contributed by atoms with E-state index in [1.54, 1.807) is 109 Å². The zero-order valence-corrected chi connectivity index (χ0v) is 33.3. The number of hydrogen-bond acceptors (Lipinski definition) is 12. The van der Waals surface area contributed by atoms with Gasteiger partial charge in [-0.3, -0.25) is 19.4 Å². The van der Waals surface area contributed by atoms with Crippen molar-refractivity contribution in [3.8, 4) is 23.0 Å². The van der Waals surface area contributed by atoms with Crippen molar-refractivity contribution in [2.75, 3.05) is 23.7 Å². The third-order valence-corrected chi connectivity index (χ3v) is 11.1. The number of pyridine rings is 2. The second kappa shape index (κ2) is 18.8. The molecule has 0 amide bonds. The summed E-state index contributed by atoms with van der Waals surface area (Å²) in [4.78, 5) is 17.8. The standard InChI is InChI=1S/C43H38N6O8S2/c1-56-40-27-30(11-23-38(40)50)9-13-34(46-32-15-19-36(20-16-32)58(52,53)48-42-7-3-5-25-44-42)29-35(14-10-31-12-24-39(51)41(28-31)57-2)47-33-17-21-37(22-18-33)59(54,55)49-43-8-4-6-26-45-43/h3-28,50-51H,29H2,1-2H3,(H,44,48)(H,45,49)/b13-9+,14-10+,46-34?,47-35?. The van der Waals surface area contributed by atoms with Gasteiger partial charge in [-0.2, -0.15) is 0 Å². The predicted octanol–water partition coefficient (Wildman–Crippen LogP) is 8.17. The second-order valence-electron chi connectivity index (χ2n) is 12.5. The minimum Gasteiger partial charge on any atom is -0.504 e. The molecule has 6 rings (SSSR count). The van der Waals surface area contributed by atoms with Crippen LogP contribution in [-0.2, 0) is 20.0 Å². The maximum absolute atomic E-state index is 13.1. The van der Waals surface area contributed by atoms with Gasteiger partial charge in [0.1, 0.15) is 11.6 Å². The number of phenolic OH excluding ortho intramolecular Hbond substituents is 2. The molecule has 0 radical (unpaired) electrons. The minimum absolute atomic E-state index is 0.00517. The molecule has 0 spiro atoms. The van der Waals surface area contributed by atoms with Crippen LogP contribution in [0.2, 0.25) is 0 Å². The summed E-state index contributed by atoms with van der Waals surface area (Å²) in [5, 5.41) is 20.3. The third kappa shape index (κ3) is 11.4. The quantitative estimate of drug-likeness (QED) is 0.0690. The zero-order chi connectivity index (χ0) is 41.8. The van der Waals surface area contributed by atoms with E-state index in [1.807, 2.05) is 0 Å². The lowest BCUT2D eigenvalue weighted by molar-refractivity contribution is 0.373. The van der Waals surface area contributed by atoms with Gasteiger partial charge in [-0.25, -0.2) is 26.8 Å². The summed E-state index contributed by atoms with van der Waals surface area (Å²) in [7, 11) is -4.99. The van der Waals surface area contributed by atoms with Crippen molar-refractivity contribution in [3.05, 3.63) is 157 Å². The van der Waals surface area contributed by atoms with Crippen LogP contribution in [0.25, 0.3) is 12.2 Å².